The Hall–Kier alpha value is -3.35. The quantitative estimate of drug-likeness (QED) is 0.413. The Morgan fingerprint density at radius 2 is 1.55 bits per heavy atom. The van der Waals surface area contributed by atoms with Gasteiger partial charge in [0.15, 0.2) is 0 Å². The zero-order valence-corrected chi connectivity index (χ0v) is 19.0. The van der Waals surface area contributed by atoms with Gasteiger partial charge in [-0.15, -0.1) is 0 Å². The Balaban J connectivity index is 1.36. The van der Waals surface area contributed by atoms with E-state index < -0.39 is 12.1 Å². The van der Waals surface area contributed by atoms with Crippen molar-refractivity contribution in [1.82, 2.24) is 10.6 Å². The highest BCUT2D eigenvalue weighted by atomic mass is 16.5. The maximum Gasteiger partial charge on any atom is 0.407 e. The molecular weight excluding hydrogens is 420 g/mol. The standard InChI is InChI=1S/C26H32N2O5/c1-18(16-24(29)27-15-9-3-2-4-14-25(30)31)28-26(32)33-17-23-21-12-7-5-10-19(21)20-11-6-8-13-22(20)23/h5-8,10-13,18,23H,2-4,9,14-17H2,1H3,(H,27,29)(H,28,32)(H,30,31)/t18-/m0/s1. The highest BCUT2D eigenvalue weighted by Gasteiger charge is 2.29. The Morgan fingerprint density at radius 3 is 2.18 bits per heavy atom. The normalized spacial score (nSPS) is 13.0. The van der Waals surface area contributed by atoms with E-state index in [4.69, 9.17) is 9.84 Å². The molecule has 0 saturated carbocycles. The smallest absolute Gasteiger partial charge is 0.407 e. The third kappa shape index (κ3) is 7.07. The number of ether oxygens (including phenoxy) is 1. The first kappa shape index (κ1) is 24.3. The van der Waals surface area contributed by atoms with Crippen LogP contribution in [0.4, 0.5) is 4.79 Å². The lowest BCUT2D eigenvalue weighted by Gasteiger charge is -2.17. The number of fused-ring (bicyclic) bond motifs is 3. The monoisotopic (exact) mass is 452 g/mol. The Labute approximate surface area is 194 Å². The van der Waals surface area contributed by atoms with E-state index in [0.29, 0.717) is 13.0 Å². The average Bonchev–Trinajstić information content (AvgIpc) is 3.10. The number of hydrogen-bond donors (Lipinski definition) is 3. The van der Waals surface area contributed by atoms with Crippen LogP contribution >= 0.6 is 0 Å². The number of unbranched alkanes of at least 4 members (excludes halogenated alkanes) is 3. The van der Waals surface area contributed by atoms with Crippen LogP contribution in [0, 0.1) is 0 Å². The number of alkyl carbamates (subject to hydrolysis) is 1. The number of nitrogens with one attached hydrogen (secondary N) is 2. The fraction of sp³-hybridized carbons (Fsp3) is 0.423. The van der Waals surface area contributed by atoms with Crippen molar-refractivity contribution in [3.05, 3.63) is 59.7 Å². The molecule has 33 heavy (non-hydrogen) atoms. The molecule has 0 aromatic heterocycles. The number of carboxylic acid groups (broad SMARTS) is 1. The summed E-state index contributed by atoms with van der Waals surface area (Å²) in [6.45, 7) is 2.55. The van der Waals surface area contributed by atoms with Gasteiger partial charge in [0.1, 0.15) is 6.61 Å². The third-order valence-electron chi connectivity index (χ3n) is 5.84. The average molecular weight is 453 g/mol. The minimum absolute atomic E-state index is 0.00254. The molecule has 2 amide bonds. The molecule has 7 heteroatoms. The van der Waals surface area contributed by atoms with Crippen molar-refractivity contribution in [2.75, 3.05) is 13.2 Å². The second kappa shape index (κ2) is 12.0. The summed E-state index contributed by atoms with van der Waals surface area (Å²) in [5.41, 5.74) is 4.66. The summed E-state index contributed by atoms with van der Waals surface area (Å²) < 4.78 is 5.52. The number of carboxylic acids is 1. The van der Waals surface area contributed by atoms with Gasteiger partial charge in [0.05, 0.1) is 0 Å². The minimum Gasteiger partial charge on any atom is -0.481 e. The molecule has 3 rings (SSSR count). The van der Waals surface area contributed by atoms with Crippen molar-refractivity contribution in [2.45, 2.75) is 57.4 Å². The van der Waals surface area contributed by atoms with Crippen LogP contribution in [-0.4, -0.2) is 42.3 Å². The van der Waals surface area contributed by atoms with Crippen LogP contribution in [0.1, 0.15) is 62.5 Å². The van der Waals surface area contributed by atoms with Gasteiger partial charge < -0.3 is 20.5 Å². The van der Waals surface area contributed by atoms with Crippen LogP contribution in [0.2, 0.25) is 0 Å². The Bertz CT molecular complexity index is 929. The number of rotatable bonds is 12. The predicted molar refractivity (Wildman–Crippen MR) is 126 cm³/mol. The number of carbonyl (C=O) groups excluding carboxylic acids is 2. The first-order valence-electron chi connectivity index (χ1n) is 11.6. The second-order valence-electron chi connectivity index (χ2n) is 8.48. The first-order chi connectivity index (χ1) is 16.0. The van der Waals surface area contributed by atoms with Gasteiger partial charge in [0, 0.05) is 31.3 Å². The van der Waals surface area contributed by atoms with E-state index in [0.717, 1.165) is 30.4 Å². The summed E-state index contributed by atoms with van der Waals surface area (Å²) in [6, 6.07) is 16.0. The van der Waals surface area contributed by atoms with Gasteiger partial charge in [-0.2, -0.15) is 0 Å². The second-order valence-corrected chi connectivity index (χ2v) is 8.48. The highest BCUT2D eigenvalue weighted by Crippen LogP contribution is 2.44. The predicted octanol–water partition coefficient (Wildman–Crippen LogP) is 4.46. The van der Waals surface area contributed by atoms with Gasteiger partial charge in [0.2, 0.25) is 5.91 Å². The first-order valence-corrected chi connectivity index (χ1v) is 11.6. The van der Waals surface area contributed by atoms with E-state index >= 15 is 0 Å². The molecule has 0 bridgehead atoms. The van der Waals surface area contributed by atoms with Crippen molar-refractivity contribution in [3.63, 3.8) is 0 Å². The molecule has 0 spiro atoms. The lowest BCUT2D eigenvalue weighted by molar-refractivity contribution is -0.137. The van der Waals surface area contributed by atoms with Crippen molar-refractivity contribution >= 4 is 18.0 Å². The van der Waals surface area contributed by atoms with Gasteiger partial charge in [-0.3, -0.25) is 9.59 Å². The molecular formula is C26H32N2O5. The summed E-state index contributed by atoms with van der Waals surface area (Å²) in [6.07, 6.45) is 3.00. The molecule has 0 fully saturated rings. The molecule has 0 saturated heterocycles. The summed E-state index contributed by atoms with van der Waals surface area (Å²) >= 11 is 0. The molecule has 176 valence electrons. The molecule has 1 atom stereocenters. The van der Waals surface area contributed by atoms with Gasteiger partial charge in [-0.1, -0.05) is 61.4 Å². The van der Waals surface area contributed by atoms with Crippen molar-refractivity contribution in [3.8, 4) is 11.1 Å². The van der Waals surface area contributed by atoms with E-state index in [-0.39, 0.29) is 37.3 Å². The highest BCUT2D eigenvalue weighted by molar-refractivity contribution is 5.79. The van der Waals surface area contributed by atoms with Crippen molar-refractivity contribution in [2.24, 2.45) is 0 Å². The van der Waals surface area contributed by atoms with Gasteiger partial charge >= 0.3 is 12.1 Å². The molecule has 7 nitrogen and oxygen atoms in total. The summed E-state index contributed by atoms with van der Waals surface area (Å²) in [7, 11) is 0. The Morgan fingerprint density at radius 1 is 0.939 bits per heavy atom. The van der Waals surface area contributed by atoms with Crippen LogP contribution in [0.3, 0.4) is 0 Å². The van der Waals surface area contributed by atoms with Crippen LogP contribution in [-0.2, 0) is 14.3 Å². The van der Waals surface area contributed by atoms with Crippen molar-refractivity contribution < 1.29 is 24.2 Å². The summed E-state index contributed by atoms with van der Waals surface area (Å²) in [4.78, 5) is 34.9. The maximum absolute atomic E-state index is 12.3. The fourth-order valence-electron chi connectivity index (χ4n) is 4.23. The lowest BCUT2D eigenvalue weighted by Crippen LogP contribution is -2.38. The number of hydrogen-bond acceptors (Lipinski definition) is 4. The zero-order chi connectivity index (χ0) is 23.6. The van der Waals surface area contributed by atoms with Crippen LogP contribution in [0.15, 0.2) is 48.5 Å². The molecule has 2 aromatic carbocycles. The van der Waals surface area contributed by atoms with Crippen LogP contribution < -0.4 is 10.6 Å². The molecule has 3 N–H and O–H groups in total. The van der Waals surface area contributed by atoms with Crippen LogP contribution in [0.5, 0.6) is 0 Å². The van der Waals surface area contributed by atoms with Gasteiger partial charge in [-0.05, 0) is 42.0 Å². The lowest BCUT2D eigenvalue weighted by atomic mass is 9.98. The minimum atomic E-state index is -0.777. The van der Waals surface area contributed by atoms with E-state index in [1.54, 1.807) is 6.92 Å². The van der Waals surface area contributed by atoms with E-state index in [1.807, 2.05) is 24.3 Å². The van der Waals surface area contributed by atoms with Crippen LogP contribution in [0.25, 0.3) is 11.1 Å². The van der Waals surface area contributed by atoms with E-state index in [1.165, 1.54) is 11.1 Å². The van der Waals surface area contributed by atoms with Crippen molar-refractivity contribution in [1.29, 1.82) is 0 Å². The number of carbonyl (C=O) groups is 3. The molecule has 0 heterocycles. The topological polar surface area (TPSA) is 105 Å². The number of aliphatic carboxylic acids is 1. The van der Waals surface area contributed by atoms with Gasteiger partial charge in [0.25, 0.3) is 0 Å². The Kier molecular flexibility index (Phi) is 8.87. The maximum atomic E-state index is 12.3. The number of benzene rings is 2. The molecule has 0 aliphatic heterocycles. The van der Waals surface area contributed by atoms with E-state index in [9.17, 15) is 14.4 Å². The number of amides is 2. The van der Waals surface area contributed by atoms with Gasteiger partial charge in [-0.25, -0.2) is 4.79 Å². The summed E-state index contributed by atoms with van der Waals surface area (Å²) in [5.74, 6) is -0.912. The summed E-state index contributed by atoms with van der Waals surface area (Å²) in [5, 5.41) is 14.2. The van der Waals surface area contributed by atoms with E-state index in [2.05, 4.69) is 34.9 Å². The SMILES string of the molecule is C[C@@H](CC(=O)NCCCCCCC(=O)O)NC(=O)OCC1c2ccccc2-c2ccccc21. The molecule has 1 aliphatic rings. The zero-order valence-electron chi connectivity index (χ0n) is 19.0. The molecule has 0 unspecified atom stereocenters. The molecule has 0 radical (unpaired) electrons. The molecule has 2 aromatic rings. The molecule has 1 aliphatic carbocycles. The largest absolute Gasteiger partial charge is 0.481 e. The third-order valence-corrected chi connectivity index (χ3v) is 5.84. The fourth-order valence-corrected chi connectivity index (χ4v) is 4.23.